The van der Waals surface area contributed by atoms with E-state index >= 15 is 0 Å². The molecule has 18 heavy (non-hydrogen) atoms. The number of piperidine rings is 1. The summed E-state index contributed by atoms with van der Waals surface area (Å²) in [5, 5.41) is 9.25. The SMILES string of the molecule is C[C@@H]1CCC[C@H](C)N1CCC1CCCC1(N)C#N. The van der Waals surface area contributed by atoms with Gasteiger partial charge in [-0.2, -0.15) is 5.26 Å². The maximum absolute atomic E-state index is 9.25. The molecular weight excluding hydrogens is 222 g/mol. The van der Waals surface area contributed by atoms with Crippen LogP contribution in [-0.2, 0) is 0 Å². The molecule has 2 N–H and O–H groups in total. The number of nitriles is 1. The number of nitrogens with zero attached hydrogens (tertiary/aromatic N) is 2. The second kappa shape index (κ2) is 5.59. The third-order valence-corrected chi connectivity index (χ3v) is 5.19. The van der Waals surface area contributed by atoms with Crippen LogP contribution in [0.2, 0.25) is 0 Å². The van der Waals surface area contributed by atoms with Crippen LogP contribution in [0, 0.1) is 17.2 Å². The van der Waals surface area contributed by atoms with Crippen molar-refractivity contribution in [2.75, 3.05) is 6.54 Å². The van der Waals surface area contributed by atoms with Crippen LogP contribution in [0.4, 0.5) is 0 Å². The first-order valence-corrected chi connectivity index (χ1v) is 7.52. The fourth-order valence-electron chi connectivity index (χ4n) is 3.87. The summed E-state index contributed by atoms with van der Waals surface area (Å²) in [6.07, 6.45) is 8.25. The minimum absolute atomic E-state index is 0.406. The summed E-state index contributed by atoms with van der Waals surface area (Å²) in [5.74, 6) is 0.406. The predicted molar refractivity (Wildman–Crippen MR) is 74.0 cm³/mol. The summed E-state index contributed by atoms with van der Waals surface area (Å²) in [6.45, 7) is 5.79. The lowest BCUT2D eigenvalue weighted by atomic mass is 9.86. The molecule has 4 atom stereocenters. The predicted octanol–water partition coefficient (Wildman–Crippen LogP) is 2.66. The fraction of sp³-hybridized carbons (Fsp3) is 0.933. The maximum atomic E-state index is 9.25. The van der Waals surface area contributed by atoms with Gasteiger partial charge in [-0.3, -0.25) is 4.90 Å². The number of hydrogen-bond donors (Lipinski definition) is 1. The zero-order valence-electron chi connectivity index (χ0n) is 11.9. The van der Waals surface area contributed by atoms with Crippen molar-refractivity contribution in [2.24, 2.45) is 11.7 Å². The fourth-order valence-corrected chi connectivity index (χ4v) is 3.87. The van der Waals surface area contributed by atoms with E-state index in [9.17, 15) is 5.26 Å². The van der Waals surface area contributed by atoms with Gasteiger partial charge in [-0.15, -0.1) is 0 Å². The lowest BCUT2D eigenvalue weighted by Crippen LogP contribution is -2.47. The first kappa shape index (κ1) is 13.8. The summed E-state index contributed by atoms with van der Waals surface area (Å²) in [4.78, 5) is 2.62. The first-order chi connectivity index (χ1) is 8.57. The Morgan fingerprint density at radius 3 is 2.50 bits per heavy atom. The Hall–Kier alpha value is -0.590. The largest absolute Gasteiger partial charge is 0.313 e. The van der Waals surface area contributed by atoms with Gasteiger partial charge in [0.05, 0.1) is 6.07 Å². The third-order valence-electron chi connectivity index (χ3n) is 5.19. The maximum Gasteiger partial charge on any atom is 0.107 e. The van der Waals surface area contributed by atoms with E-state index in [0.717, 1.165) is 32.2 Å². The quantitative estimate of drug-likeness (QED) is 0.836. The molecule has 0 spiro atoms. The molecule has 0 aromatic carbocycles. The Kier molecular flexibility index (Phi) is 4.29. The molecule has 1 aliphatic heterocycles. The van der Waals surface area contributed by atoms with E-state index in [1.165, 1.54) is 19.3 Å². The lowest BCUT2D eigenvalue weighted by molar-refractivity contribution is 0.0933. The molecule has 0 aromatic heterocycles. The molecule has 2 fully saturated rings. The third kappa shape index (κ3) is 2.70. The van der Waals surface area contributed by atoms with Gasteiger partial charge < -0.3 is 5.73 Å². The van der Waals surface area contributed by atoms with Gasteiger partial charge in [0.2, 0.25) is 0 Å². The zero-order valence-corrected chi connectivity index (χ0v) is 11.9. The van der Waals surface area contributed by atoms with Crippen molar-refractivity contribution in [1.29, 1.82) is 5.26 Å². The molecule has 1 heterocycles. The van der Waals surface area contributed by atoms with Gasteiger partial charge in [0, 0.05) is 12.1 Å². The number of rotatable bonds is 3. The van der Waals surface area contributed by atoms with Crippen molar-refractivity contribution < 1.29 is 0 Å². The van der Waals surface area contributed by atoms with Crippen molar-refractivity contribution in [2.45, 2.75) is 76.4 Å². The molecule has 102 valence electrons. The van der Waals surface area contributed by atoms with E-state index in [1.54, 1.807) is 0 Å². The van der Waals surface area contributed by atoms with Crippen molar-refractivity contribution >= 4 is 0 Å². The molecule has 2 unspecified atom stereocenters. The highest BCUT2D eigenvalue weighted by atomic mass is 15.2. The summed E-state index contributed by atoms with van der Waals surface area (Å²) in [5.41, 5.74) is 5.67. The first-order valence-electron chi connectivity index (χ1n) is 7.52. The van der Waals surface area contributed by atoms with Crippen molar-refractivity contribution in [3.8, 4) is 6.07 Å². The van der Waals surface area contributed by atoms with E-state index < -0.39 is 5.54 Å². The molecule has 0 radical (unpaired) electrons. The van der Waals surface area contributed by atoms with Crippen molar-refractivity contribution in [3.05, 3.63) is 0 Å². The Morgan fingerprint density at radius 1 is 1.22 bits per heavy atom. The summed E-state index contributed by atoms with van der Waals surface area (Å²) < 4.78 is 0. The van der Waals surface area contributed by atoms with Crippen LogP contribution in [0.1, 0.15) is 58.8 Å². The summed E-state index contributed by atoms with van der Waals surface area (Å²) >= 11 is 0. The van der Waals surface area contributed by atoms with Gasteiger partial charge in [-0.05, 0) is 58.4 Å². The Labute approximate surface area is 111 Å². The average molecular weight is 249 g/mol. The van der Waals surface area contributed by atoms with Crippen LogP contribution in [0.15, 0.2) is 0 Å². The molecule has 2 rings (SSSR count). The Morgan fingerprint density at radius 2 is 1.89 bits per heavy atom. The van der Waals surface area contributed by atoms with E-state index in [1.807, 2.05) is 0 Å². The van der Waals surface area contributed by atoms with Gasteiger partial charge in [-0.25, -0.2) is 0 Å². The molecule has 3 heteroatoms. The molecule has 1 aliphatic carbocycles. The van der Waals surface area contributed by atoms with Crippen LogP contribution >= 0.6 is 0 Å². The zero-order chi connectivity index (χ0) is 13.2. The highest BCUT2D eigenvalue weighted by molar-refractivity contribution is 5.12. The molecule has 3 nitrogen and oxygen atoms in total. The number of likely N-dealkylation sites (tertiary alicyclic amines) is 1. The van der Waals surface area contributed by atoms with Crippen LogP contribution < -0.4 is 5.73 Å². The second-order valence-corrected chi connectivity index (χ2v) is 6.40. The van der Waals surface area contributed by atoms with E-state index in [0.29, 0.717) is 18.0 Å². The van der Waals surface area contributed by atoms with Crippen LogP contribution in [0.25, 0.3) is 0 Å². The molecule has 1 saturated carbocycles. The molecular formula is C15H27N3. The smallest absolute Gasteiger partial charge is 0.107 e. The summed E-state index contributed by atoms with van der Waals surface area (Å²) in [7, 11) is 0. The van der Waals surface area contributed by atoms with Crippen molar-refractivity contribution in [3.63, 3.8) is 0 Å². The summed E-state index contributed by atoms with van der Waals surface area (Å²) in [6, 6.07) is 3.76. The van der Waals surface area contributed by atoms with Crippen molar-refractivity contribution in [1.82, 2.24) is 4.90 Å². The minimum Gasteiger partial charge on any atom is -0.313 e. The monoisotopic (exact) mass is 249 g/mol. The molecule has 1 saturated heterocycles. The number of nitrogens with two attached hydrogens (primary N) is 1. The van der Waals surface area contributed by atoms with Gasteiger partial charge in [0.1, 0.15) is 5.54 Å². The van der Waals surface area contributed by atoms with Gasteiger partial charge >= 0.3 is 0 Å². The molecule has 2 aliphatic rings. The van der Waals surface area contributed by atoms with E-state index in [-0.39, 0.29) is 0 Å². The minimum atomic E-state index is -0.539. The highest BCUT2D eigenvalue weighted by Gasteiger charge is 2.40. The van der Waals surface area contributed by atoms with Crippen LogP contribution in [-0.4, -0.2) is 29.1 Å². The molecule has 0 amide bonds. The van der Waals surface area contributed by atoms with Gasteiger partial charge in [0.25, 0.3) is 0 Å². The normalized spacial score (nSPS) is 41.8. The van der Waals surface area contributed by atoms with E-state index in [2.05, 4.69) is 24.8 Å². The number of hydrogen-bond acceptors (Lipinski definition) is 3. The topological polar surface area (TPSA) is 53.0 Å². The molecule has 0 aromatic rings. The van der Waals surface area contributed by atoms with Crippen LogP contribution in [0.3, 0.4) is 0 Å². The van der Waals surface area contributed by atoms with Crippen LogP contribution in [0.5, 0.6) is 0 Å². The standard InChI is InChI=1S/C15H27N3/c1-12-5-3-6-13(2)18(12)10-8-14-7-4-9-15(14,17)11-16/h12-14H,3-10,17H2,1-2H3/t12-,13+,14?,15?. The average Bonchev–Trinajstić information content (AvgIpc) is 2.71. The Bertz CT molecular complexity index is 312. The molecule has 0 bridgehead atoms. The second-order valence-electron chi connectivity index (χ2n) is 6.40. The lowest BCUT2D eigenvalue weighted by Gasteiger charge is -2.40. The van der Waals surface area contributed by atoms with E-state index in [4.69, 9.17) is 5.73 Å². The Balaban J connectivity index is 1.89. The van der Waals surface area contributed by atoms with Gasteiger partial charge in [0.15, 0.2) is 0 Å². The van der Waals surface area contributed by atoms with Gasteiger partial charge in [-0.1, -0.05) is 12.8 Å². The highest BCUT2D eigenvalue weighted by Crippen LogP contribution is 2.36.